The molecule has 1 amide bonds. The molecule has 2 heterocycles. The number of hydrogen-bond acceptors (Lipinski definition) is 6. The Labute approximate surface area is 163 Å². The molecule has 1 fully saturated rings. The predicted octanol–water partition coefficient (Wildman–Crippen LogP) is 2.88. The van der Waals surface area contributed by atoms with Crippen LogP contribution in [-0.2, 0) is 0 Å². The van der Waals surface area contributed by atoms with Gasteiger partial charge in [-0.05, 0) is 25.4 Å². The number of thioether (sulfide) groups is 1. The lowest BCUT2D eigenvalue weighted by atomic mass is 10.2. The molecule has 1 saturated heterocycles. The standard InChI is InChI=1S/C18H22ClN5OS/c1-22-9-11-24(12-10-22)16-14(26-3)15(19)20-18(21-16)23(2)17(25)13-7-5-4-6-8-13/h4-8H,9-12H2,1-3H3. The van der Waals surface area contributed by atoms with Gasteiger partial charge < -0.3 is 9.80 Å². The van der Waals surface area contributed by atoms with E-state index in [0.29, 0.717) is 16.7 Å². The molecule has 0 N–H and O–H groups in total. The summed E-state index contributed by atoms with van der Waals surface area (Å²) in [5.74, 6) is 0.951. The van der Waals surface area contributed by atoms with Crippen molar-refractivity contribution in [3.05, 3.63) is 41.0 Å². The van der Waals surface area contributed by atoms with Crippen molar-refractivity contribution in [2.75, 3.05) is 56.3 Å². The highest BCUT2D eigenvalue weighted by molar-refractivity contribution is 7.98. The smallest absolute Gasteiger partial charge is 0.260 e. The maximum absolute atomic E-state index is 12.7. The molecule has 26 heavy (non-hydrogen) atoms. The Balaban J connectivity index is 1.94. The molecule has 1 aliphatic heterocycles. The van der Waals surface area contributed by atoms with Gasteiger partial charge in [-0.3, -0.25) is 9.69 Å². The Bertz CT molecular complexity index is 781. The van der Waals surface area contributed by atoms with Crippen molar-refractivity contribution in [2.45, 2.75) is 4.90 Å². The van der Waals surface area contributed by atoms with Gasteiger partial charge >= 0.3 is 0 Å². The van der Waals surface area contributed by atoms with Crippen molar-refractivity contribution < 1.29 is 4.79 Å². The Morgan fingerprint density at radius 1 is 1.15 bits per heavy atom. The van der Waals surface area contributed by atoms with Gasteiger partial charge in [0, 0.05) is 38.8 Å². The Morgan fingerprint density at radius 3 is 2.42 bits per heavy atom. The molecule has 138 valence electrons. The SMILES string of the molecule is CSc1c(Cl)nc(N(C)C(=O)c2ccccc2)nc1N1CCN(C)CC1. The maximum atomic E-state index is 12.7. The second-order valence-electron chi connectivity index (χ2n) is 6.19. The summed E-state index contributed by atoms with van der Waals surface area (Å²) in [4.78, 5) is 28.6. The van der Waals surface area contributed by atoms with Gasteiger partial charge in [0.25, 0.3) is 5.91 Å². The second kappa shape index (κ2) is 8.24. The number of hydrogen-bond donors (Lipinski definition) is 0. The van der Waals surface area contributed by atoms with Crippen molar-refractivity contribution in [2.24, 2.45) is 0 Å². The zero-order valence-electron chi connectivity index (χ0n) is 15.1. The van der Waals surface area contributed by atoms with Gasteiger partial charge in [0.1, 0.15) is 11.0 Å². The van der Waals surface area contributed by atoms with E-state index in [1.807, 2.05) is 24.5 Å². The third kappa shape index (κ3) is 3.95. The van der Waals surface area contributed by atoms with Crippen LogP contribution >= 0.6 is 23.4 Å². The van der Waals surface area contributed by atoms with Crippen LogP contribution in [0.3, 0.4) is 0 Å². The molecule has 1 aromatic heterocycles. The molecule has 0 unspecified atom stereocenters. The molecule has 3 rings (SSSR count). The first-order valence-electron chi connectivity index (χ1n) is 8.39. The molecular weight excluding hydrogens is 370 g/mol. The minimum atomic E-state index is -0.164. The minimum Gasteiger partial charge on any atom is -0.353 e. The van der Waals surface area contributed by atoms with Crippen molar-refractivity contribution in [3.63, 3.8) is 0 Å². The van der Waals surface area contributed by atoms with E-state index in [4.69, 9.17) is 16.6 Å². The second-order valence-corrected chi connectivity index (χ2v) is 7.37. The number of amides is 1. The zero-order valence-corrected chi connectivity index (χ0v) is 16.7. The molecule has 1 aliphatic rings. The van der Waals surface area contributed by atoms with E-state index in [9.17, 15) is 4.79 Å². The summed E-state index contributed by atoms with van der Waals surface area (Å²) in [5, 5.41) is 0.379. The van der Waals surface area contributed by atoms with Gasteiger partial charge in [0.05, 0.1) is 4.90 Å². The molecule has 1 aromatic carbocycles. The van der Waals surface area contributed by atoms with Crippen molar-refractivity contribution >= 4 is 41.0 Å². The van der Waals surface area contributed by atoms with Gasteiger partial charge in [-0.2, -0.15) is 9.97 Å². The molecule has 6 nitrogen and oxygen atoms in total. The van der Waals surface area contributed by atoms with Crippen LogP contribution in [0.1, 0.15) is 10.4 Å². The van der Waals surface area contributed by atoms with Crippen LogP contribution in [-0.4, -0.2) is 67.3 Å². The molecule has 0 atom stereocenters. The molecule has 0 saturated carbocycles. The molecule has 0 radical (unpaired) electrons. The fourth-order valence-electron chi connectivity index (χ4n) is 2.82. The Morgan fingerprint density at radius 2 is 1.81 bits per heavy atom. The fourth-order valence-corrected chi connectivity index (χ4v) is 3.79. The van der Waals surface area contributed by atoms with Crippen molar-refractivity contribution in [1.82, 2.24) is 14.9 Å². The number of carbonyl (C=O) groups is 1. The molecule has 8 heteroatoms. The molecule has 0 bridgehead atoms. The highest BCUT2D eigenvalue weighted by Gasteiger charge is 2.24. The highest BCUT2D eigenvalue weighted by atomic mass is 35.5. The van der Waals surface area contributed by atoms with E-state index in [0.717, 1.165) is 36.9 Å². The quantitative estimate of drug-likeness (QED) is 0.590. The van der Waals surface area contributed by atoms with Gasteiger partial charge in [0.15, 0.2) is 0 Å². The van der Waals surface area contributed by atoms with E-state index in [-0.39, 0.29) is 5.91 Å². The molecule has 2 aromatic rings. The number of likely N-dealkylation sites (N-methyl/N-ethyl adjacent to an activating group) is 1. The van der Waals surface area contributed by atoms with Crippen LogP contribution in [0.15, 0.2) is 35.2 Å². The highest BCUT2D eigenvalue weighted by Crippen LogP contribution is 2.34. The zero-order chi connectivity index (χ0) is 18.7. The summed E-state index contributed by atoms with van der Waals surface area (Å²) < 4.78 is 0. The lowest BCUT2D eigenvalue weighted by Crippen LogP contribution is -2.45. The Hall–Kier alpha value is -1.83. The third-order valence-electron chi connectivity index (χ3n) is 4.43. The number of carbonyl (C=O) groups excluding carboxylic acids is 1. The molecule has 0 spiro atoms. The summed E-state index contributed by atoms with van der Waals surface area (Å²) in [7, 11) is 3.78. The van der Waals surface area contributed by atoms with Crippen LogP contribution in [0.5, 0.6) is 0 Å². The largest absolute Gasteiger partial charge is 0.353 e. The fraction of sp³-hybridized carbons (Fsp3) is 0.389. The normalized spacial score (nSPS) is 15.2. The summed E-state index contributed by atoms with van der Waals surface area (Å²) in [6.45, 7) is 3.66. The number of halogens is 1. The summed E-state index contributed by atoms with van der Waals surface area (Å²) in [6.07, 6.45) is 1.96. The average Bonchev–Trinajstić information content (AvgIpc) is 2.67. The van der Waals surface area contributed by atoms with Gasteiger partial charge in [0.2, 0.25) is 5.95 Å². The lowest BCUT2D eigenvalue weighted by molar-refractivity contribution is 0.0991. The van der Waals surface area contributed by atoms with E-state index < -0.39 is 0 Å². The average molecular weight is 392 g/mol. The lowest BCUT2D eigenvalue weighted by Gasteiger charge is -2.34. The van der Waals surface area contributed by atoms with Gasteiger partial charge in [-0.25, -0.2) is 0 Å². The summed E-state index contributed by atoms with van der Waals surface area (Å²) >= 11 is 7.96. The summed E-state index contributed by atoms with van der Waals surface area (Å²) in [5.41, 5.74) is 0.588. The maximum Gasteiger partial charge on any atom is 0.260 e. The van der Waals surface area contributed by atoms with Crippen LogP contribution in [0.2, 0.25) is 5.15 Å². The van der Waals surface area contributed by atoms with Crippen molar-refractivity contribution in [1.29, 1.82) is 0 Å². The number of benzene rings is 1. The first-order chi connectivity index (χ1) is 12.5. The predicted molar refractivity (Wildman–Crippen MR) is 108 cm³/mol. The first-order valence-corrected chi connectivity index (χ1v) is 9.99. The number of anilines is 2. The number of rotatable bonds is 4. The monoisotopic (exact) mass is 391 g/mol. The first kappa shape index (κ1) is 18.9. The van der Waals surface area contributed by atoms with Crippen LogP contribution in [0.25, 0.3) is 0 Å². The van der Waals surface area contributed by atoms with E-state index in [1.165, 1.54) is 16.7 Å². The minimum absolute atomic E-state index is 0.164. The van der Waals surface area contributed by atoms with Crippen LogP contribution < -0.4 is 9.80 Å². The van der Waals surface area contributed by atoms with E-state index >= 15 is 0 Å². The van der Waals surface area contributed by atoms with E-state index in [2.05, 4.69) is 21.8 Å². The molecular formula is C18H22ClN5OS. The molecule has 0 aliphatic carbocycles. The topological polar surface area (TPSA) is 52.6 Å². The summed E-state index contributed by atoms with van der Waals surface area (Å²) in [6, 6.07) is 9.10. The Kier molecular flexibility index (Phi) is 6.01. The number of aromatic nitrogens is 2. The van der Waals surface area contributed by atoms with Crippen LogP contribution in [0, 0.1) is 0 Å². The third-order valence-corrected chi connectivity index (χ3v) is 5.60. The van der Waals surface area contributed by atoms with Crippen LogP contribution in [0.4, 0.5) is 11.8 Å². The van der Waals surface area contributed by atoms with E-state index in [1.54, 1.807) is 19.2 Å². The van der Waals surface area contributed by atoms with Crippen molar-refractivity contribution in [3.8, 4) is 0 Å². The van der Waals surface area contributed by atoms with Gasteiger partial charge in [-0.15, -0.1) is 11.8 Å². The number of nitrogens with zero attached hydrogens (tertiary/aromatic N) is 5. The van der Waals surface area contributed by atoms with Gasteiger partial charge in [-0.1, -0.05) is 29.8 Å². The number of piperazine rings is 1.